The number of hydrogen-bond acceptors (Lipinski definition) is 4. The Morgan fingerprint density at radius 1 is 1.62 bits per heavy atom. The number of nitrogens with one attached hydrogen (secondary N) is 1. The molecule has 1 aliphatic rings. The Balaban J connectivity index is 2.39. The maximum atomic E-state index is 11.3. The number of aromatic nitrogens is 1. The molecule has 84 valence electrons. The summed E-state index contributed by atoms with van der Waals surface area (Å²) in [4.78, 5) is 27.3. The highest BCUT2D eigenvalue weighted by Gasteiger charge is 2.24. The van der Waals surface area contributed by atoms with Crippen LogP contribution in [0.3, 0.4) is 0 Å². The van der Waals surface area contributed by atoms with Crippen molar-refractivity contribution < 1.29 is 14.7 Å². The van der Waals surface area contributed by atoms with Gasteiger partial charge in [-0.2, -0.15) is 0 Å². The normalized spacial score (nSPS) is 14.3. The van der Waals surface area contributed by atoms with E-state index < -0.39 is 5.97 Å². The maximum Gasteiger partial charge on any atom is 0.323 e. The molecule has 16 heavy (non-hydrogen) atoms. The molecule has 2 heterocycles. The van der Waals surface area contributed by atoms with Crippen molar-refractivity contribution in [1.82, 2.24) is 4.98 Å². The molecule has 7 heteroatoms. The molecule has 0 saturated heterocycles. The van der Waals surface area contributed by atoms with Gasteiger partial charge in [0.2, 0.25) is 5.91 Å². The molecular formula is C9H8ClN3O3. The van der Waals surface area contributed by atoms with Gasteiger partial charge in [-0.3, -0.25) is 9.59 Å². The molecule has 0 radical (unpaired) electrons. The average molecular weight is 242 g/mol. The summed E-state index contributed by atoms with van der Waals surface area (Å²) in [6.07, 6.45) is 0. The molecule has 1 aromatic heterocycles. The molecule has 1 aromatic rings. The molecule has 1 amide bonds. The van der Waals surface area contributed by atoms with Crippen LogP contribution in [0, 0.1) is 0 Å². The fraction of sp³-hybridized carbons (Fsp3) is 0.222. The highest BCUT2D eigenvalue weighted by molar-refractivity contribution is 6.29. The fourth-order valence-corrected chi connectivity index (χ4v) is 1.64. The van der Waals surface area contributed by atoms with Gasteiger partial charge in [0.25, 0.3) is 0 Å². The molecule has 0 atom stereocenters. The van der Waals surface area contributed by atoms with E-state index in [2.05, 4.69) is 10.3 Å². The van der Waals surface area contributed by atoms with Crippen LogP contribution in [0.25, 0.3) is 0 Å². The highest BCUT2D eigenvalue weighted by atomic mass is 35.5. The molecule has 0 saturated carbocycles. The Morgan fingerprint density at radius 3 is 3.06 bits per heavy atom. The third-order valence-electron chi connectivity index (χ3n) is 2.08. The molecule has 2 N–H and O–H groups in total. The van der Waals surface area contributed by atoms with Crippen LogP contribution in [-0.4, -0.2) is 35.1 Å². The first-order valence-electron chi connectivity index (χ1n) is 4.49. The van der Waals surface area contributed by atoms with Gasteiger partial charge in [-0.15, -0.1) is 0 Å². The number of carbonyl (C=O) groups is 2. The average Bonchev–Trinajstić information content (AvgIpc) is 2.18. The lowest BCUT2D eigenvalue weighted by atomic mass is 10.2. The monoisotopic (exact) mass is 241 g/mol. The second kappa shape index (κ2) is 3.97. The molecule has 0 aliphatic carbocycles. The van der Waals surface area contributed by atoms with Crippen LogP contribution in [0.5, 0.6) is 0 Å². The smallest absolute Gasteiger partial charge is 0.323 e. The van der Waals surface area contributed by atoms with Crippen molar-refractivity contribution in [1.29, 1.82) is 0 Å². The van der Waals surface area contributed by atoms with Crippen LogP contribution >= 0.6 is 11.6 Å². The van der Waals surface area contributed by atoms with Gasteiger partial charge >= 0.3 is 5.97 Å². The molecule has 0 unspecified atom stereocenters. The van der Waals surface area contributed by atoms with E-state index in [0.29, 0.717) is 11.5 Å². The van der Waals surface area contributed by atoms with Gasteiger partial charge in [0.15, 0.2) is 5.82 Å². The van der Waals surface area contributed by atoms with Crippen molar-refractivity contribution >= 4 is 35.0 Å². The van der Waals surface area contributed by atoms with Gasteiger partial charge in [0.05, 0.1) is 12.2 Å². The molecule has 6 nitrogen and oxygen atoms in total. The van der Waals surface area contributed by atoms with Crippen molar-refractivity contribution in [3.8, 4) is 0 Å². The molecule has 1 aliphatic heterocycles. The summed E-state index contributed by atoms with van der Waals surface area (Å²) in [7, 11) is 0. The van der Waals surface area contributed by atoms with E-state index in [0.717, 1.165) is 0 Å². The third kappa shape index (κ3) is 2.06. The summed E-state index contributed by atoms with van der Waals surface area (Å²) in [5.74, 6) is -0.908. The Morgan fingerprint density at radius 2 is 2.38 bits per heavy atom. The van der Waals surface area contributed by atoms with Crippen molar-refractivity contribution in [2.75, 3.05) is 23.3 Å². The Kier molecular flexibility index (Phi) is 2.66. The van der Waals surface area contributed by atoms with Crippen LogP contribution in [0.2, 0.25) is 5.15 Å². The summed E-state index contributed by atoms with van der Waals surface area (Å²) >= 11 is 5.72. The minimum Gasteiger partial charge on any atom is -0.480 e. The summed E-state index contributed by atoms with van der Waals surface area (Å²) < 4.78 is 0. The fourth-order valence-electron chi connectivity index (χ4n) is 1.50. The quantitative estimate of drug-likeness (QED) is 0.740. The van der Waals surface area contributed by atoms with Crippen LogP contribution in [0.1, 0.15) is 0 Å². The van der Waals surface area contributed by atoms with Crippen molar-refractivity contribution in [3.63, 3.8) is 0 Å². The van der Waals surface area contributed by atoms with E-state index >= 15 is 0 Å². The lowest BCUT2D eigenvalue weighted by Gasteiger charge is -2.28. The van der Waals surface area contributed by atoms with Crippen LogP contribution in [0.4, 0.5) is 11.5 Å². The molecule has 0 spiro atoms. The van der Waals surface area contributed by atoms with Crippen molar-refractivity contribution in [2.45, 2.75) is 0 Å². The predicted molar refractivity (Wildman–Crippen MR) is 57.7 cm³/mol. The Bertz CT molecular complexity index is 463. The number of carboxylic acids is 1. The molecule has 0 bridgehead atoms. The zero-order valence-electron chi connectivity index (χ0n) is 8.11. The number of pyridine rings is 1. The van der Waals surface area contributed by atoms with Gasteiger partial charge in [-0.25, -0.2) is 4.98 Å². The van der Waals surface area contributed by atoms with E-state index in [-0.39, 0.29) is 24.1 Å². The minimum atomic E-state index is -1.03. The topological polar surface area (TPSA) is 82.5 Å². The van der Waals surface area contributed by atoms with Gasteiger partial charge in [-0.05, 0) is 12.1 Å². The largest absolute Gasteiger partial charge is 0.480 e. The van der Waals surface area contributed by atoms with Gasteiger partial charge in [0.1, 0.15) is 11.7 Å². The van der Waals surface area contributed by atoms with E-state index in [1.165, 1.54) is 11.0 Å². The van der Waals surface area contributed by atoms with Crippen LogP contribution < -0.4 is 10.2 Å². The number of nitrogens with zero attached hydrogens (tertiary/aromatic N) is 2. The molecule has 0 aromatic carbocycles. The number of fused-ring (bicyclic) bond motifs is 1. The zero-order chi connectivity index (χ0) is 11.7. The summed E-state index contributed by atoms with van der Waals surface area (Å²) in [6, 6.07) is 3.13. The third-order valence-corrected chi connectivity index (χ3v) is 2.29. The first kappa shape index (κ1) is 10.7. The number of halogens is 1. The van der Waals surface area contributed by atoms with E-state index in [1.807, 2.05) is 0 Å². The molecule has 2 rings (SSSR count). The van der Waals surface area contributed by atoms with Gasteiger partial charge in [-0.1, -0.05) is 11.6 Å². The number of carbonyl (C=O) groups excluding carboxylic acids is 1. The number of anilines is 2. The summed E-state index contributed by atoms with van der Waals surface area (Å²) in [6.45, 7) is -0.319. The first-order chi connectivity index (χ1) is 7.56. The Hall–Kier alpha value is -1.82. The second-order valence-corrected chi connectivity index (χ2v) is 3.69. The van der Waals surface area contributed by atoms with Crippen LogP contribution in [-0.2, 0) is 9.59 Å². The van der Waals surface area contributed by atoms with E-state index in [9.17, 15) is 9.59 Å². The minimum absolute atomic E-state index is 0.0351. The number of rotatable bonds is 2. The lowest BCUT2D eigenvalue weighted by molar-refractivity contribution is -0.135. The summed E-state index contributed by atoms with van der Waals surface area (Å²) in [5.41, 5.74) is 0.474. The van der Waals surface area contributed by atoms with Crippen molar-refractivity contribution in [3.05, 3.63) is 17.3 Å². The highest BCUT2D eigenvalue weighted by Crippen LogP contribution is 2.28. The van der Waals surface area contributed by atoms with Gasteiger partial charge in [0, 0.05) is 0 Å². The van der Waals surface area contributed by atoms with Gasteiger partial charge < -0.3 is 15.3 Å². The standard InChI is InChI=1S/C9H8ClN3O3/c10-6-2-1-5-9(12-6)13(4-8(15)16)3-7(14)11-5/h1-2H,3-4H2,(H,11,14)(H,15,16). The SMILES string of the molecule is O=C(O)CN1CC(=O)Nc2ccc(Cl)nc21. The predicted octanol–water partition coefficient (Wildman–Crippen LogP) is 0.578. The van der Waals surface area contributed by atoms with Crippen molar-refractivity contribution in [2.24, 2.45) is 0 Å². The number of hydrogen-bond donors (Lipinski definition) is 2. The number of amides is 1. The molecule has 0 fully saturated rings. The second-order valence-electron chi connectivity index (χ2n) is 3.30. The van der Waals surface area contributed by atoms with E-state index in [4.69, 9.17) is 16.7 Å². The number of carboxylic acid groups (broad SMARTS) is 1. The number of aliphatic carboxylic acids is 1. The summed E-state index contributed by atoms with van der Waals surface area (Å²) in [5, 5.41) is 11.6. The molecular weight excluding hydrogens is 234 g/mol. The lowest BCUT2D eigenvalue weighted by Crippen LogP contribution is -2.41. The van der Waals surface area contributed by atoms with Crippen LogP contribution in [0.15, 0.2) is 12.1 Å². The first-order valence-corrected chi connectivity index (χ1v) is 4.87. The zero-order valence-corrected chi connectivity index (χ0v) is 8.86. The van der Waals surface area contributed by atoms with E-state index in [1.54, 1.807) is 6.07 Å². The Labute approximate surface area is 95.8 Å². The maximum absolute atomic E-state index is 11.3.